The van der Waals surface area contributed by atoms with Crippen molar-refractivity contribution in [3.63, 3.8) is 0 Å². The van der Waals surface area contributed by atoms with E-state index in [9.17, 15) is 4.79 Å². The first kappa shape index (κ1) is 13.1. The van der Waals surface area contributed by atoms with Gasteiger partial charge in [-0.1, -0.05) is 12.8 Å². The summed E-state index contributed by atoms with van der Waals surface area (Å²) in [5, 5.41) is 7.16. The van der Waals surface area contributed by atoms with Crippen molar-refractivity contribution in [1.82, 2.24) is 15.5 Å². The van der Waals surface area contributed by atoms with Crippen LogP contribution >= 0.6 is 0 Å². The van der Waals surface area contributed by atoms with Crippen molar-refractivity contribution in [2.75, 3.05) is 13.1 Å². The first-order chi connectivity index (χ1) is 9.83. The van der Waals surface area contributed by atoms with Gasteiger partial charge in [-0.3, -0.25) is 4.79 Å². The Morgan fingerprint density at radius 1 is 1.00 bits per heavy atom. The zero-order chi connectivity index (χ0) is 13.5. The van der Waals surface area contributed by atoms with Crippen LogP contribution in [0.2, 0.25) is 0 Å². The molecule has 3 saturated heterocycles. The maximum absolute atomic E-state index is 13.0. The molecule has 0 spiro atoms. The van der Waals surface area contributed by atoms with Crippen LogP contribution in [0.25, 0.3) is 0 Å². The molecule has 1 amide bonds. The third kappa shape index (κ3) is 2.17. The van der Waals surface area contributed by atoms with E-state index in [0.717, 1.165) is 31.8 Å². The van der Waals surface area contributed by atoms with Crippen LogP contribution in [0, 0.1) is 5.92 Å². The Bertz CT molecular complexity index is 358. The molecule has 4 fully saturated rings. The van der Waals surface area contributed by atoms with Gasteiger partial charge in [-0.25, -0.2) is 0 Å². The lowest BCUT2D eigenvalue weighted by molar-refractivity contribution is -0.135. The van der Waals surface area contributed by atoms with Crippen molar-refractivity contribution < 1.29 is 4.79 Å². The second-order valence-corrected chi connectivity index (χ2v) is 7.23. The molecular weight excluding hydrogens is 250 g/mol. The molecule has 1 aliphatic carbocycles. The van der Waals surface area contributed by atoms with Crippen molar-refractivity contribution in [2.24, 2.45) is 5.92 Å². The lowest BCUT2D eigenvalue weighted by atomic mass is 9.85. The van der Waals surface area contributed by atoms with Gasteiger partial charge in [0.2, 0.25) is 5.91 Å². The topological polar surface area (TPSA) is 44.4 Å². The van der Waals surface area contributed by atoms with Gasteiger partial charge in [0.15, 0.2) is 0 Å². The molecule has 4 heteroatoms. The molecule has 0 aromatic carbocycles. The van der Waals surface area contributed by atoms with Gasteiger partial charge in [-0.15, -0.1) is 0 Å². The predicted molar refractivity (Wildman–Crippen MR) is 78.4 cm³/mol. The lowest BCUT2D eigenvalue weighted by Crippen LogP contribution is -2.50. The molecule has 112 valence electrons. The van der Waals surface area contributed by atoms with Gasteiger partial charge in [0.25, 0.3) is 0 Å². The van der Waals surface area contributed by atoms with E-state index in [1.54, 1.807) is 0 Å². The molecule has 0 aromatic rings. The van der Waals surface area contributed by atoms with Crippen molar-refractivity contribution in [3.05, 3.63) is 0 Å². The number of nitrogens with one attached hydrogen (secondary N) is 2. The molecule has 4 nitrogen and oxygen atoms in total. The molecular formula is C16H27N3O. The Labute approximate surface area is 121 Å². The highest BCUT2D eigenvalue weighted by Crippen LogP contribution is 2.36. The molecule has 4 rings (SSSR count). The van der Waals surface area contributed by atoms with Crippen molar-refractivity contribution in [3.8, 4) is 0 Å². The third-order valence-electron chi connectivity index (χ3n) is 6.07. The normalized spacial score (nSPS) is 44.2. The van der Waals surface area contributed by atoms with Gasteiger partial charge < -0.3 is 15.5 Å². The number of carbonyl (C=O) groups excluding carboxylic acids is 1. The molecule has 2 bridgehead atoms. The van der Waals surface area contributed by atoms with Crippen LogP contribution in [0.3, 0.4) is 0 Å². The molecule has 3 aliphatic heterocycles. The summed E-state index contributed by atoms with van der Waals surface area (Å²) in [6, 6.07) is 1.70. The number of fused-ring (bicyclic) bond motifs is 3. The third-order valence-corrected chi connectivity index (χ3v) is 6.07. The Morgan fingerprint density at radius 2 is 1.85 bits per heavy atom. The summed E-state index contributed by atoms with van der Waals surface area (Å²) >= 11 is 0. The number of carbonyl (C=O) groups is 1. The highest BCUT2D eigenvalue weighted by atomic mass is 16.2. The van der Waals surface area contributed by atoms with E-state index in [0.29, 0.717) is 24.0 Å². The van der Waals surface area contributed by atoms with Crippen molar-refractivity contribution >= 4 is 5.91 Å². The van der Waals surface area contributed by atoms with E-state index >= 15 is 0 Å². The van der Waals surface area contributed by atoms with Gasteiger partial charge >= 0.3 is 0 Å². The first-order valence-corrected chi connectivity index (χ1v) is 8.62. The fourth-order valence-corrected chi connectivity index (χ4v) is 5.03. The van der Waals surface area contributed by atoms with E-state index in [-0.39, 0.29) is 6.04 Å². The van der Waals surface area contributed by atoms with Crippen LogP contribution in [-0.2, 0) is 4.79 Å². The van der Waals surface area contributed by atoms with E-state index in [1.807, 2.05) is 0 Å². The summed E-state index contributed by atoms with van der Waals surface area (Å²) < 4.78 is 0. The molecule has 5 unspecified atom stereocenters. The lowest BCUT2D eigenvalue weighted by Gasteiger charge is -2.30. The molecule has 0 aromatic heterocycles. The monoisotopic (exact) mass is 277 g/mol. The molecule has 1 saturated carbocycles. The highest BCUT2D eigenvalue weighted by Gasteiger charge is 2.44. The van der Waals surface area contributed by atoms with Gasteiger partial charge in [0.1, 0.15) is 0 Å². The quantitative estimate of drug-likeness (QED) is 0.758. The van der Waals surface area contributed by atoms with Crippen molar-refractivity contribution in [1.29, 1.82) is 0 Å². The minimum atomic E-state index is 0.115. The molecule has 4 aliphatic rings. The largest absolute Gasteiger partial charge is 0.334 e. The Morgan fingerprint density at radius 3 is 2.75 bits per heavy atom. The van der Waals surface area contributed by atoms with Crippen LogP contribution in [0.5, 0.6) is 0 Å². The minimum Gasteiger partial charge on any atom is -0.334 e. The van der Waals surface area contributed by atoms with Crippen LogP contribution in [0.4, 0.5) is 0 Å². The predicted octanol–water partition coefficient (Wildman–Crippen LogP) is 1.26. The molecule has 5 atom stereocenters. The van der Waals surface area contributed by atoms with Gasteiger partial charge in [-0.05, 0) is 51.0 Å². The standard InChI is InChI=1S/C16H27N3O/c20-16(15-9-11-3-1-2-4-14(11)18-15)19-12-5-6-13(19)10-17-8-7-12/h11-15,17-18H,1-10H2. The molecule has 0 radical (unpaired) electrons. The van der Waals surface area contributed by atoms with Crippen LogP contribution in [0.15, 0.2) is 0 Å². The second-order valence-electron chi connectivity index (χ2n) is 7.23. The van der Waals surface area contributed by atoms with Crippen LogP contribution in [-0.4, -0.2) is 48.1 Å². The Balaban J connectivity index is 1.47. The fraction of sp³-hybridized carbons (Fsp3) is 0.938. The summed E-state index contributed by atoms with van der Waals surface area (Å²) in [7, 11) is 0. The Kier molecular flexibility index (Phi) is 3.47. The highest BCUT2D eigenvalue weighted by molar-refractivity contribution is 5.83. The van der Waals surface area contributed by atoms with Gasteiger partial charge in [0, 0.05) is 24.7 Å². The van der Waals surface area contributed by atoms with E-state index in [1.165, 1.54) is 38.5 Å². The zero-order valence-electron chi connectivity index (χ0n) is 12.3. The molecule has 3 heterocycles. The van der Waals surface area contributed by atoms with Crippen molar-refractivity contribution in [2.45, 2.75) is 75.5 Å². The maximum atomic E-state index is 13.0. The van der Waals surface area contributed by atoms with E-state index in [2.05, 4.69) is 15.5 Å². The smallest absolute Gasteiger partial charge is 0.240 e. The van der Waals surface area contributed by atoms with Gasteiger partial charge in [-0.2, -0.15) is 0 Å². The molecule has 20 heavy (non-hydrogen) atoms. The number of hydrogen-bond donors (Lipinski definition) is 2. The summed E-state index contributed by atoms with van der Waals surface area (Å²) in [6.45, 7) is 2.08. The Hall–Kier alpha value is -0.610. The SMILES string of the molecule is O=C(C1CC2CCCCC2N1)N1C2CCNCC1CC2. The number of nitrogens with zero attached hydrogens (tertiary/aromatic N) is 1. The average molecular weight is 277 g/mol. The summed E-state index contributed by atoms with van der Waals surface area (Å²) in [5.74, 6) is 1.18. The van der Waals surface area contributed by atoms with Crippen LogP contribution in [0.1, 0.15) is 51.4 Å². The second kappa shape index (κ2) is 5.30. The number of hydrogen-bond acceptors (Lipinski definition) is 3. The summed E-state index contributed by atoms with van der Waals surface area (Å²) in [4.78, 5) is 15.3. The summed E-state index contributed by atoms with van der Waals surface area (Å²) in [6.07, 6.45) is 9.96. The average Bonchev–Trinajstić information content (AvgIpc) is 2.98. The first-order valence-electron chi connectivity index (χ1n) is 8.62. The number of amides is 1. The fourth-order valence-electron chi connectivity index (χ4n) is 5.03. The summed E-state index contributed by atoms with van der Waals surface area (Å²) in [5.41, 5.74) is 0. The van der Waals surface area contributed by atoms with Crippen LogP contribution < -0.4 is 10.6 Å². The minimum absolute atomic E-state index is 0.115. The van der Waals surface area contributed by atoms with E-state index < -0.39 is 0 Å². The maximum Gasteiger partial charge on any atom is 0.240 e. The zero-order valence-corrected chi connectivity index (χ0v) is 12.3. The van der Waals surface area contributed by atoms with E-state index in [4.69, 9.17) is 0 Å². The van der Waals surface area contributed by atoms with Gasteiger partial charge in [0.05, 0.1) is 6.04 Å². The number of rotatable bonds is 1. The molecule has 2 N–H and O–H groups in total.